The lowest BCUT2D eigenvalue weighted by Gasteiger charge is -2.02. The quantitative estimate of drug-likeness (QED) is 0.442. The molecule has 0 unspecified atom stereocenters. The third kappa shape index (κ3) is 4.16. The van der Waals surface area contributed by atoms with E-state index in [0.717, 1.165) is 11.1 Å². The van der Waals surface area contributed by atoms with Gasteiger partial charge in [-0.15, -0.1) is 0 Å². The smallest absolute Gasteiger partial charge is 0.334 e. The van der Waals surface area contributed by atoms with E-state index in [0.29, 0.717) is 12.2 Å². The molecule has 0 bridgehead atoms. The number of allylic oxidation sites excluding steroid dienone is 1. The van der Waals surface area contributed by atoms with Crippen LogP contribution in [0.3, 0.4) is 0 Å². The van der Waals surface area contributed by atoms with Gasteiger partial charge in [0.2, 0.25) is 0 Å². The molecule has 0 radical (unpaired) electrons. The van der Waals surface area contributed by atoms with Gasteiger partial charge in [-0.05, 0) is 32.9 Å². The Morgan fingerprint density at radius 1 is 1.24 bits per heavy atom. The Bertz CT molecular complexity index is 473. The monoisotopic (exact) mass is 228 g/mol. The zero-order chi connectivity index (χ0) is 12.7. The van der Waals surface area contributed by atoms with Gasteiger partial charge in [0.15, 0.2) is 0 Å². The molecule has 1 aromatic rings. The standard InChI is InChI=1S/C15H16O2/c1-4-17-15(16)13(3)12(2)10-11-14-8-6-5-7-9-14/h5-9H,4H2,1-3H3/b13-12+. The van der Waals surface area contributed by atoms with Crippen molar-refractivity contribution in [3.8, 4) is 11.8 Å². The van der Waals surface area contributed by atoms with Crippen molar-refractivity contribution in [1.29, 1.82) is 0 Å². The second-order valence-electron chi connectivity index (χ2n) is 3.59. The highest BCUT2D eigenvalue weighted by Crippen LogP contribution is 2.05. The van der Waals surface area contributed by atoms with Crippen LogP contribution in [-0.2, 0) is 9.53 Å². The molecule has 1 aromatic carbocycles. The zero-order valence-corrected chi connectivity index (χ0v) is 10.4. The van der Waals surface area contributed by atoms with Crippen molar-refractivity contribution < 1.29 is 9.53 Å². The Balaban J connectivity index is 2.85. The van der Waals surface area contributed by atoms with Crippen molar-refractivity contribution in [2.75, 3.05) is 6.61 Å². The minimum atomic E-state index is -0.299. The fraction of sp³-hybridized carbons (Fsp3) is 0.267. The van der Waals surface area contributed by atoms with Crippen LogP contribution < -0.4 is 0 Å². The van der Waals surface area contributed by atoms with E-state index in [2.05, 4.69) is 11.8 Å². The molecule has 2 nitrogen and oxygen atoms in total. The maximum absolute atomic E-state index is 11.4. The highest BCUT2D eigenvalue weighted by atomic mass is 16.5. The Labute approximate surface area is 102 Å². The fourth-order valence-corrected chi connectivity index (χ4v) is 1.17. The maximum Gasteiger partial charge on any atom is 0.334 e. The van der Waals surface area contributed by atoms with Crippen LogP contribution >= 0.6 is 0 Å². The molecule has 0 saturated heterocycles. The van der Waals surface area contributed by atoms with E-state index < -0.39 is 0 Å². The summed E-state index contributed by atoms with van der Waals surface area (Å²) in [5.41, 5.74) is 2.24. The van der Waals surface area contributed by atoms with E-state index >= 15 is 0 Å². The lowest BCUT2D eigenvalue weighted by molar-refractivity contribution is -0.138. The van der Waals surface area contributed by atoms with E-state index in [9.17, 15) is 4.79 Å². The van der Waals surface area contributed by atoms with Gasteiger partial charge in [0.25, 0.3) is 0 Å². The van der Waals surface area contributed by atoms with Crippen molar-refractivity contribution >= 4 is 5.97 Å². The van der Waals surface area contributed by atoms with Gasteiger partial charge in [0.05, 0.1) is 6.61 Å². The average molecular weight is 228 g/mol. The molecule has 0 aliphatic heterocycles. The Hall–Kier alpha value is -2.01. The Morgan fingerprint density at radius 2 is 1.88 bits per heavy atom. The molecule has 0 saturated carbocycles. The van der Waals surface area contributed by atoms with Crippen LogP contribution in [-0.4, -0.2) is 12.6 Å². The molecule has 17 heavy (non-hydrogen) atoms. The summed E-state index contributed by atoms with van der Waals surface area (Å²) in [6.07, 6.45) is 0. The van der Waals surface area contributed by atoms with Gasteiger partial charge in [-0.1, -0.05) is 30.0 Å². The zero-order valence-electron chi connectivity index (χ0n) is 10.4. The third-order valence-electron chi connectivity index (χ3n) is 2.31. The summed E-state index contributed by atoms with van der Waals surface area (Å²) in [4.78, 5) is 11.4. The van der Waals surface area contributed by atoms with Crippen LogP contribution in [0.2, 0.25) is 0 Å². The van der Waals surface area contributed by atoms with Gasteiger partial charge < -0.3 is 4.74 Å². The molecular formula is C15H16O2. The molecule has 0 aliphatic rings. The topological polar surface area (TPSA) is 26.3 Å². The predicted octanol–water partition coefficient (Wildman–Crippen LogP) is 2.94. The largest absolute Gasteiger partial charge is 0.463 e. The van der Waals surface area contributed by atoms with E-state index in [1.54, 1.807) is 13.8 Å². The summed E-state index contributed by atoms with van der Waals surface area (Å²) in [6.45, 7) is 5.72. The number of rotatable bonds is 2. The number of carbonyl (C=O) groups excluding carboxylic acids is 1. The highest BCUT2D eigenvalue weighted by molar-refractivity contribution is 5.89. The van der Waals surface area contributed by atoms with Crippen LogP contribution in [0.1, 0.15) is 26.3 Å². The van der Waals surface area contributed by atoms with Gasteiger partial charge in [-0.3, -0.25) is 0 Å². The minimum absolute atomic E-state index is 0.299. The Kier molecular flexibility index (Phi) is 5.03. The van der Waals surface area contributed by atoms with E-state index in [1.807, 2.05) is 37.3 Å². The van der Waals surface area contributed by atoms with E-state index in [1.165, 1.54) is 0 Å². The third-order valence-corrected chi connectivity index (χ3v) is 2.31. The molecule has 0 amide bonds. The van der Waals surface area contributed by atoms with Crippen molar-refractivity contribution in [3.63, 3.8) is 0 Å². The van der Waals surface area contributed by atoms with Crippen LogP contribution in [0.5, 0.6) is 0 Å². The van der Waals surface area contributed by atoms with Crippen LogP contribution in [0.15, 0.2) is 41.5 Å². The molecule has 0 heterocycles. The summed E-state index contributed by atoms with van der Waals surface area (Å²) < 4.78 is 4.91. The van der Waals surface area contributed by atoms with Crippen molar-refractivity contribution in [2.45, 2.75) is 20.8 Å². The average Bonchev–Trinajstić information content (AvgIpc) is 2.36. The molecule has 0 N–H and O–H groups in total. The fourth-order valence-electron chi connectivity index (χ4n) is 1.17. The van der Waals surface area contributed by atoms with Crippen LogP contribution in [0, 0.1) is 11.8 Å². The lowest BCUT2D eigenvalue weighted by atomic mass is 10.1. The minimum Gasteiger partial charge on any atom is -0.463 e. The molecule has 2 heteroatoms. The molecule has 0 atom stereocenters. The first-order valence-corrected chi connectivity index (χ1v) is 5.56. The summed E-state index contributed by atoms with van der Waals surface area (Å²) in [7, 11) is 0. The molecule has 0 spiro atoms. The van der Waals surface area contributed by atoms with Crippen molar-refractivity contribution in [2.24, 2.45) is 0 Å². The summed E-state index contributed by atoms with van der Waals surface area (Å²) >= 11 is 0. The number of hydrogen-bond acceptors (Lipinski definition) is 2. The summed E-state index contributed by atoms with van der Waals surface area (Å²) in [5, 5.41) is 0. The van der Waals surface area contributed by atoms with Crippen molar-refractivity contribution in [1.82, 2.24) is 0 Å². The number of esters is 1. The molecule has 0 aromatic heterocycles. The molecule has 0 fully saturated rings. The Morgan fingerprint density at radius 3 is 2.47 bits per heavy atom. The van der Waals surface area contributed by atoms with Gasteiger partial charge in [0.1, 0.15) is 0 Å². The molecule has 1 rings (SSSR count). The van der Waals surface area contributed by atoms with Gasteiger partial charge in [-0.25, -0.2) is 4.79 Å². The maximum atomic E-state index is 11.4. The summed E-state index contributed by atoms with van der Waals surface area (Å²) in [5.74, 6) is 5.67. The van der Waals surface area contributed by atoms with Gasteiger partial charge in [-0.2, -0.15) is 0 Å². The van der Waals surface area contributed by atoms with E-state index in [-0.39, 0.29) is 5.97 Å². The van der Waals surface area contributed by atoms with E-state index in [4.69, 9.17) is 4.74 Å². The van der Waals surface area contributed by atoms with Gasteiger partial charge in [0, 0.05) is 16.7 Å². The second-order valence-corrected chi connectivity index (χ2v) is 3.59. The van der Waals surface area contributed by atoms with Crippen LogP contribution in [0.25, 0.3) is 0 Å². The lowest BCUT2D eigenvalue weighted by Crippen LogP contribution is -2.06. The number of benzene rings is 1. The normalized spacial score (nSPS) is 11.0. The second kappa shape index (κ2) is 6.55. The van der Waals surface area contributed by atoms with Crippen LogP contribution in [0.4, 0.5) is 0 Å². The molecule has 0 aliphatic carbocycles. The SMILES string of the molecule is CCOC(=O)/C(C)=C(\C)C#Cc1ccccc1. The number of carbonyl (C=O) groups is 1. The first-order chi connectivity index (χ1) is 8.15. The molecular weight excluding hydrogens is 212 g/mol. The highest BCUT2D eigenvalue weighted by Gasteiger charge is 2.06. The first kappa shape index (κ1) is 13.1. The molecule has 88 valence electrons. The summed E-state index contributed by atoms with van der Waals surface area (Å²) in [6, 6.07) is 9.67. The first-order valence-electron chi connectivity index (χ1n) is 5.56. The van der Waals surface area contributed by atoms with Crippen molar-refractivity contribution in [3.05, 3.63) is 47.0 Å². The number of ether oxygens (including phenoxy) is 1. The predicted molar refractivity (Wildman–Crippen MR) is 68.3 cm³/mol. The number of hydrogen-bond donors (Lipinski definition) is 0. The van der Waals surface area contributed by atoms with Gasteiger partial charge >= 0.3 is 5.97 Å².